The van der Waals surface area contributed by atoms with Gasteiger partial charge in [0.1, 0.15) is 17.0 Å². The van der Waals surface area contributed by atoms with Crippen molar-refractivity contribution >= 4 is 11.6 Å². The summed E-state index contributed by atoms with van der Waals surface area (Å²) >= 11 is 0. The molecule has 0 unspecified atom stereocenters. The smallest absolute Gasteiger partial charge is 0.343 e. The number of aromatic nitrogens is 2. The van der Waals surface area contributed by atoms with E-state index in [0.29, 0.717) is 5.65 Å². The molecule has 0 aliphatic heterocycles. The molecular weight excluding hydrogens is 232 g/mol. The topological polar surface area (TPSA) is 63.8 Å². The predicted molar refractivity (Wildman–Crippen MR) is 66.9 cm³/mol. The van der Waals surface area contributed by atoms with Gasteiger partial charge in [0, 0.05) is 23.9 Å². The van der Waals surface area contributed by atoms with Crippen molar-refractivity contribution in [1.29, 1.82) is 0 Å². The second kappa shape index (κ2) is 4.01. The lowest BCUT2D eigenvalue weighted by Gasteiger charge is -2.13. The van der Waals surface area contributed by atoms with E-state index in [-0.39, 0.29) is 16.7 Å². The molecule has 0 radical (unpaired) electrons. The molecule has 96 valence electrons. The van der Waals surface area contributed by atoms with E-state index in [4.69, 9.17) is 0 Å². The van der Waals surface area contributed by atoms with Crippen LogP contribution >= 0.6 is 0 Å². The van der Waals surface area contributed by atoms with Gasteiger partial charge in [-0.15, -0.1) is 0 Å². The lowest BCUT2D eigenvalue weighted by molar-refractivity contribution is 0.0597. The Morgan fingerprint density at radius 3 is 2.61 bits per heavy atom. The highest BCUT2D eigenvalue weighted by Gasteiger charge is 2.19. The van der Waals surface area contributed by atoms with Crippen molar-refractivity contribution in [2.24, 2.45) is 0 Å². The minimum Gasteiger partial charge on any atom is -0.507 e. The van der Waals surface area contributed by atoms with Crippen LogP contribution in [0.3, 0.4) is 0 Å². The van der Waals surface area contributed by atoms with Crippen LogP contribution in [-0.2, 0) is 10.2 Å². The molecule has 5 nitrogen and oxygen atoms in total. The van der Waals surface area contributed by atoms with Crippen molar-refractivity contribution in [2.45, 2.75) is 26.2 Å². The molecule has 2 heterocycles. The first-order valence-corrected chi connectivity index (χ1v) is 5.63. The van der Waals surface area contributed by atoms with Crippen molar-refractivity contribution < 1.29 is 14.6 Å². The van der Waals surface area contributed by atoms with Gasteiger partial charge in [0.25, 0.3) is 0 Å². The molecule has 0 spiro atoms. The van der Waals surface area contributed by atoms with Crippen LogP contribution in [0.1, 0.15) is 36.8 Å². The fourth-order valence-corrected chi connectivity index (χ4v) is 1.65. The minimum atomic E-state index is -0.569. The molecule has 0 saturated carbocycles. The summed E-state index contributed by atoms with van der Waals surface area (Å²) in [6.07, 6.45) is 3.37. The molecule has 2 aromatic rings. The molecule has 0 aliphatic rings. The molecular formula is C13H16N2O3. The van der Waals surface area contributed by atoms with Gasteiger partial charge < -0.3 is 14.2 Å². The maximum atomic E-state index is 11.5. The highest BCUT2D eigenvalue weighted by atomic mass is 16.5. The van der Waals surface area contributed by atoms with Crippen LogP contribution in [0, 0.1) is 0 Å². The first kappa shape index (κ1) is 12.4. The molecule has 0 aliphatic carbocycles. The fraction of sp³-hybridized carbons (Fsp3) is 0.385. The summed E-state index contributed by atoms with van der Waals surface area (Å²) in [5.41, 5.74) is 1.53. The number of hydrogen-bond donors (Lipinski definition) is 1. The Kier molecular flexibility index (Phi) is 2.77. The summed E-state index contributed by atoms with van der Waals surface area (Å²) in [7, 11) is 1.28. The Morgan fingerprint density at radius 1 is 1.39 bits per heavy atom. The molecule has 0 saturated heterocycles. The highest BCUT2D eigenvalue weighted by molar-refractivity contribution is 5.92. The third-order valence-corrected chi connectivity index (χ3v) is 2.74. The quantitative estimate of drug-likeness (QED) is 0.785. The number of imidazole rings is 1. The minimum absolute atomic E-state index is 0.0902. The predicted octanol–water partition coefficient (Wildman–Crippen LogP) is 2.12. The second-order valence-corrected chi connectivity index (χ2v) is 5.21. The Hall–Kier alpha value is -2.04. The van der Waals surface area contributed by atoms with Crippen molar-refractivity contribution in [3.63, 3.8) is 0 Å². The Balaban J connectivity index is 2.61. The second-order valence-electron chi connectivity index (χ2n) is 5.21. The molecule has 0 atom stereocenters. The number of hydrogen-bond acceptors (Lipinski definition) is 4. The first-order valence-electron chi connectivity index (χ1n) is 5.63. The standard InChI is InChI=1S/C13H16N2O3/c1-13(2,3)10-7-15-6-8(12(17)18-4)9(16)5-11(15)14-10/h5-7,16H,1-4H3. The maximum Gasteiger partial charge on any atom is 0.343 e. The van der Waals surface area contributed by atoms with E-state index in [1.54, 1.807) is 4.40 Å². The molecule has 5 heteroatoms. The number of fused-ring (bicyclic) bond motifs is 1. The van der Waals surface area contributed by atoms with Gasteiger partial charge in [-0.25, -0.2) is 9.78 Å². The van der Waals surface area contributed by atoms with Gasteiger partial charge in [0.2, 0.25) is 0 Å². The number of carbonyl (C=O) groups is 1. The van der Waals surface area contributed by atoms with E-state index >= 15 is 0 Å². The van der Waals surface area contributed by atoms with Gasteiger partial charge in [-0.3, -0.25) is 0 Å². The summed E-state index contributed by atoms with van der Waals surface area (Å²) < 4.78 is 6.32. The van der Waals surface area contributed by atoms with Crippen LogP contribution < -0.4 is 0 Å². The summed E-state index contributed by atoms with van der Waals surface area (Å²) in [6.45, 7) is 6.15. The lowest BCUT2D eigenvalue weighted by atomic mass is 9.93. The van der Waals surface area contributed by atoms with Crippen molar-refractivity contribution in [3.05, 3.63) is 29.7 Å². The van der Waals surface area contributed by atoms with Crippen molar-refractivity contribution in [1.82, 2.24) is 9.38 Å². The molecule has 18 heavy (non-hydrogen) atoms. The SMILES string of the molecule is COC(=O)c1cn2cc(C(C)(C)C)nc2cc1O. The summed E-state index contributed by atoms with van der Waals surface area (Å²) in [4.78, 5) is 15.9. The molecule has 2 aromatic heterocycles. The van der Waals surface area contributed by atoms with Gasteiger partial charge in [0.15, 0.2) is 0 Å². The van der Waals surface area contributed by atoms with Crippen LogP contribution in [0.5, 0.6) is 5.75 Å². The first-order chi connectivity index (χ1) is 8.32. The number of ether oxygens (including phenoxy) is 1. The van der Waals surface area contributed by atoms with E-state index < -0.39 is 5.97 Å². The average Bonchev–Trinajstić information content (AvgIpc) is 2.69. The third kappa shape index (κ3) is 2.03. The van der Waals surface area contributed by atoms with E-state index in [9.17, 15) is 9.90 Å². The van der Waals surface area contributed by atoms with Crippen LogP contribution in [0.4, 0.5) is 0 Å². The van der Waals surface area contributed by atoms with Gasteiger partial charge in [-0.05, 0) is 0 Å². The van der Waals surface area contributed by atoms with Gasteiger partial charge >= 0.3 is 5.97 Å². The molecule has 2 rings (SSSR count). The zero-order chi connectivity index (χ0) is 13.5. The molecule has 0 amide bonds. The van der Waals surface area contributed by atoms with Crippen LogP contribution in [-0.4, -0.2) is 27.6 Å². The molecule has 0 fully saturated rings. The number of esters is 1. The van der Waals surface area contributed by atoms with Crippen LogP contribution in [0.25, 0.3) is 5.65 Å². The number of pyridine rings is 1. The number of rotatable bonds is 1. The lowest BCUT2D eigenvalue weighted by Crippen LogP contribution is -2.11. The summed E-state index contributed by atoms with van der Waals surface area (Å²) in [5.74, 6) is -0.694. The van der Waals surface area contributed by atoms with E-state index in [1.807, 2.05) is 6.20 Å². The Morgan fingerprint density at radius 2 is 2.06 bits per heavy atom. The van der Waals surface area contributed by atoms with Crippen molar-refractivity contribution in [2.75, 3.05) is 7.11 Å². The third-order valence-electron chi connectivity index (χ3n) is 2.74. The normalized spacial score (nSPS) is 11.8. The zero-order valence-electron chi connectivity index (χ0n) is 10.9. The summed E-state index contributed by atoms with van der Waals surface area (Å²) in [5, 5.41) is 9.77. The molecule has 0 aromatic carbocycles. The highest BCUT2D eigenvalue weighted by Crippen LogP contribution is 2.25. The Bertz CT molecular complexity index is 608. The van der Waals surface area contributed by atoms with E-state index in [2.05, 4.69) is 30.5 Å². The maximum absolute atomic E-state index is 11.5. The average molecular weight is 248 g/mol. The van der Waals surface area contributed by atoms with E-state index in [1.165, 1.54) is 19.4 Å². The molecule has 1 N–H and O–H groups in total. The largest absolute Gasteiger partial charge is 0.507 e. The number of carbonyl (C=O) groups excluding carboxylic acids is 1. The van der Waals surface area contributed by atoms with Crippen molar-refractivity contribution in [3.8, 4) is 5.75 Å². The fourth-order valence-electron chi connectivity index (χ4n) is 1.65. The zero-order valence-corrected chi connectivity index (χ0v) is 10.9. The van der Waals surface area contributed by atoms with Gasteiger partial charge in [0.05, 0.1) is 12.8 Å². The van der Waals surface area contributed by atoms with Gasteiger partial charge in [-0.1, -0.05) is 20.8 Å². The van der Waals surface area contributed by atoms with Crippen LogP contribution in [0.15, 0.2) is 18.5 Å². The number of nitrogens with zero attached hydrogens (tertiary/aromatic N) is 2. The number of methoxy groups -OCH3 is 1. The van der Waals surface area contributed by atoms with Crippen LogP contribution in [0.2, 0.25) is 0 Å². The molecule has 0 bridgehead atoms. The van der Waals surface area contributed by atoms with E-state index in [0.717, 1.165) is 5.69 Å². The monoisotopic (exact) mass is 248 g/mol. The van der Waals surface area contributed by atoms with Gasteiger partial charge in [-0.2, -0.15) is 0 Å². The Labute approximate surface area is 105 Å². The number of aromatic hydroxyl groups is 1. The summed E-state index contributed by atoms with van der Waals surface area (Å²) in [6, 6.07) is 1.46.